The van der Waals surface area contributed by atoms with E-state index in [9.17, 15) is 0 Å². The second kappa shape index (κ2) is 5.54. The Bertz CT molecular complexity index is 779. The van der Waals surface area contributed by atoms with Gasteiger partial charge in [-0.05, 0) is 42.7 Å². The van der Waals surface area contributed by atoms with Gasteiger partial charge in [0.25, 0.3) is 0 Å². The molecule has 21 heavy (non-hydrogen) atoms. The number of fused-ring (bicyclic) bond motifs is 1. The number of pyridine rings is 1. The fourth-order valence-corrected chi connectivity index (χ4v) is 2.75. The predicted molar refractivity (Wildman–Crippen MR) is 88.3 cm³/mol. The molecular formula is C18H19N3. The van der Waals surface area contributed by atoms with Gasteiger partial charge >= 0.3 is 0 Å². The molecule has 0 spiro atoms. The molecule has 106 valence electrons. The summed E-state index contributed by atoms with van der Waals surface area (Å²) >= 11 is 0. The van der Waals surface area contributed by atoms with Gasteiger partial charge in [0, 0.05) is 17.4 Å². The molecule has 0 saturated carbocycles. The average Bonchev–Trinajstić information content (AvgIpc) is 2.48. The molecule has 3 rings (SSSR count). The van der Waals surface area contributed by atoms with Crippen LogP contribution in [0.4, 0.5) is 5.82 Å². The van der Waals surface area contributed by atoms with Crippen LogP contribution in [0.3, 0.4) is 0 Å². The van der Waals surface area contributed by atoms with Crippen LogP contribution in [0, 0.1) is 13.8 Å². The SMILES string of the molecule is Cc1cc(C)c2cc(Cc3ccccc3)c(NN)nc2c1. The molecule has 1 aromatic heterocycles. The van der Waals surface area contributed by atoms with E-state index in [1.54, 1.807) is 0 Å². The third kappa shape index (κ3) is 2.73. The van der Waals surface area contributed by atoms with Crippen molar-refractivity contribution in [3.8, 4) is 0 Å². The summed E-state index contributed by atoms with van der Waals surface area (Å²) in [5, 5.41) is 1.19. The largest absolute Gasteiger partial charge is 0.308 e. The zero-order valence-electron chi connectivity index (χ0n) is 12.4. The van der Waals surface area contributed by atoms with Crippen molar-refractivity contribution in [2.45, 2.75) is 20.3 Å². The maximum atomic E-state index is 5.66. The van der Waals surface area contributed by atoms with Crippen LogP contribution < -0.4 is 11.3 Å². The monoisotopic (exact) mass is 277 g/mol. The number of nitrogens with zero attached hydrogens (tertiary/aromatic N) is 1. The van der Waals surface area contributed by atoms with Gasteiger partial charge in [0.15, 0.2) is 0 Å². The van der Waals surface area contributed by atoms with Gasteiger partial charge in [0.1, 0.15) is 5.82 Å². The molecule has 3 heteroatoms. The number of rotatable bonds is 3. The van der Waals surface area contributed by atoms with Gasteiger partial charge in [-0.15, -0.1) is 0 Å². The maximum Gasteiger partial charge on any atom is 0.144 e. The second-order valence-electron chi connectivity index (χ2n) is 5.45. The zero-order valence-corrected chi connectivity index (χ0v) is 12.4. The number of nitrogen functional groups attached to an aromatic ring is 1. The van der Waals surface area contributed by atoms with Crippen LogP contribution in [0.25, 0.3) is 10.9 Å². The van der Waals surface area contributed by atoms with Crippen LogP contribution >= 0.6 is 0 Å². The molecule has 1 heterocycles. The van der Waals surface area contributed by atoms with Gasteiger partial charge in [0.2, 0.25) is 0 Å². The minimum Gasteiger partial charge on any atom is -0.308 e. The van der Waals surface area contributed by atoms with E-state index in [-0.39, 0.29) is 0 Å². The second-order valence-corrected chi connectivity index (χ2v) is 5.45. The van der Waals surface area contributed by atoms with Gasteiger partial charge in [0.05, 0.1) is 5.52 Å². The van der Waals surface area contributed by atoms with E-state index in [1.807, 2.05) is 18.2 Å². The van der Waals surface area contributed by atoms with Crippen molar-refractivity contribution in [3.05, 3.63) is 70.8 Å². The summed E-state index contributed by atoms with van der Waals surface area (Å²) in [5.41, 5.74) is 8.54. The van der Waals surface area contributed by atoms with E-state index in [1.165, 1.54) is 22.1 Å². The molecule has 0 saturated heterocycles. The van der Waals surface area contributed by atoms with Crippen LogP contribution in [-0.2, 0) is 6.42 Å². The van der Waals surface area contributed by atoms with Gasteiger partial charge in [-0.1, -0.05) is 36.4 Å². The summed E-state index contributed by atoms with van der Waals surface area (Å²) < 4.78 is 0. The van der Waals surface area contributed by atoms with Gasteiger partial charge in [-0.3, -0.25) is 0 Å². The first-order valence-electron chi connectivity index (χ1n) is 7.09. The van der Waals surface area contributed by atoms with Crippen molar-refractivity contribution >= 4 is 16.7 Å². The zero-order chi connectivity index (χ0) is 14.8. The highest BCUT2D eigenvalue weighted by atomic mass is 15.2. The highest BCUT2D eigenvalue weighted by molar-refractivity contribution is 5.85. The Morgan fingerprint density at radius 2 is 1.81 bits per heavy atom. The van der Waals surface area contributed by atoms with Crippen LogP contribution in [-0.4, -0.2) is 4.98 Å². The molecule has 0 aliphatic heterocycles. The molecule has 0 bridgehead atoms. The summed E-state index contributed by atoms with van der Waals surface area (Å²) in [6.07, 6.45) is 0.816. The Kier molecular flexibility index (Phi) is 3.59. The Balaban J connectivity index is 2.13. The minimum absolute atomic E-state index is 0.747. The number of nitrogens with two attached hydrogens (primary N) is 1. The van der Waals surface area contributed by atoms with Crippen molar-refractivity contribution in [2.75, 3.05) is 5.43 Å². The Hall–Kier alpha value is -2.39. The molecule has 0 unspecified atom stereocenters. The molecule has 3 nitrogen and oxygen atoms in total. The van der Waals surface area contributed by atoms with Crippen LogP contribution in [0.5, 0.6) is 0 Å². The van der Waals surface area contributed by atoms with E-state index >= 15 is 0 Å². The van der Waals surface area contributed by atoms with Crippen LogP contribution in [0.15, 0.2) is 48.5 Å². The summed E-state index contributed by atoms with van der Waals surface area (Å²) in [4.78, 5) is 4.68. The van der Waals surface area contributed by atoms with Crippen LogP contribution in [0.2, 0.25) is 0 Å². The lowest BCUT2D eigenvalue weighted by Gasteiger charge is -2.12. The first-order valence-corrected chi connectivity index (χ1v) is 7.09. The standard InChI is InChI=1S/C18H19N3/c1-12-8-13(2)16-11-15(10-14-6-4-3-5-7-14)18(21-19)20-17(16)9-12/h3-9,11H,10,19H2,1-2H3,(H,20,21). The number of aryl methyl sites for hydroxylation is 2. The lowest BCUT2D eigenvalue weighted by molar-refractivity contribution is 1.14. The maximum absolute atomic E-state index is 5.66. The number of nitrogens with one attached hydrogen (secondary N) is 1. The van der Waals surface area contributed by atoms with Crippen LogP contribution in [0.1, 0.15) is 22.3 Å². The van der Waals surface area contributed by atoms with Crippen molar-refractivity contribution in [2.24, 2.45) is 5.84 Å². The summed E-state index contributed by atoms with van der Waals surface area (Å²) in [6.45, 7) is 4.21. The van der Waals surface area contributed by atoms with E-state index in [0.29, 0.717) is 0 Å². The Morgan fingerprint density at radius 3 is 2.52 bits per heavy atom. The van der Waals surface area contributed by atoms with E-state index in [0.717, 1.165) is 23.3 Å². The summed E-state index contributed by atoms with van der Waals surface area (Å²) in [7, 11) is 0. The van der Waals surface area contributed by atoms with Crippen molar-refractivity contribution in [1.82, 2.24) is 4.98 Å². The topological polar surface area (TPSA) is 50.9 Å². The van der Waals surface area contributed by atoms with E-state index < -0.39 is 0 Å². The fourth-order valence-electron chi connectivity index (χ4n) is 2.75. The molecule has 0 atom stereocenters. The van der Waals surface area contributed by atoms with Gasteiger partial charge < -0.3 is 5.43 Å². The van der Waals surface area contributed by atoms with Crippen molar-refractivity contribution in [3.63, 3.8) is 0 Å². The Labute approximate surface area is 124 Å². The molecule has 3 aromatic rings. The third-order valence-electron chi connectivity index (χ3n) is 3.74. The fraction of sp³-hybridized carbons (Fsp3) is 0.167. The highest BCUT2D eigenvalue weighted by Gasteiger charge is 2.09. The van der Waals surface area contributed by atoms with E-state index in [4.69, 9.17) is 5.84 Å². The van der Waals surface area contributed by atoms with Crippen molar-refractivity contribution < 1.29 is 0 Å². The average molecular weight is 277 g/mol. The quantitative estimate of drug-likeness (QED) is 0.566. The normalized spacial score (nSPS) is 10.8. The molecule has 0 fully saturated rings. The first kappa shape index (κ1) is 13.6. The van der Waals surface area contributed by atoms with Crippen molar-refractivity contribution in [1.29, 1.82) is 0 Å². The van der Waals surface area contributed by atoms with Gasteiger partial charge in [-0.2, -0.15) is 0 Å². The summed E-state index contributed by atoms with van der Waals surface area (Å²) in [6, 6.07) is 16.8. The summed E-state index contributed by atoms with van der Waals surface area (Å²) in [5.74, 6) is 6.41. The molecule has 0 radical (unpaired) electrons. The number of hydrogen-bond acceptors (Lipinski definition) is 3. The molecule has 0 aliphatic carbocycles. The molecule has 0 aliphatic rings. The Morgan fingerprint density at radius 1 is 1.05 bits per heavy atom. The van der Waals surface area contributed by atoms with E-state index in [2.05, 4.69) is 54.6 Å². The molecule has 0 amide bonds. The number of hydrogen-bond donors (Lipinski definition) is 2. The molecule has 3 N–H and O–H groups in total. The smallest absolute Gasteiger partial charge is 0.144 e. The number of benzene rings is 2. The number of anilines is 1. The van der Waals surface area contributed by atoms with Gasteiger partial charge in [-0.25, -0.2) is 10.8 Å². The highest BCUT2D eigenvalue weighted by Crippen LogP contribution is 2.25. The first-order chi connectivity index (χ1) is 10.2. The molecule has 2 aromatic carbocycles. The number of aromatic nitrogens is 1. The lowest BCUT2D eigenvalue weighted by atomic mass is 10.0. The predicted octanol–water partition coefficient (Wildman–Crippen LogP) is 3.73. The number of hydrazine groups is 1. The third-order valence-corrected chi connectivity index (χ3v) is 3.74. The molecular weight excluding hydrogens is 258 g/mol. The lowest BCUT2D eigenvalue weighted by Crippen LogP contribution is -2.11. The minimum atomic E-state index is 0.747.